The van der Waals surface area contributed by atoms with Gasteiger partial charge in [0.2, 0.25) is 5.91 Å². The van der Waals surface area contributed by atoms with Gasteiger partial charge in [0.15, 0.2) is 0 Å². The quantitative estimate of drug-likeness (QED) is 0.650. The van der Waals surface area contributed by atoms with Crippen molar-refractivity contribution in [1.29, 1.82) is 0 Å². The summed E-state index contributed by atoms with van der Waals surface area (Å²) in [6, 6.07) is 7.24. The molecule has 1 aromatic rings. The summed E-state index contributed by atoms with van der Waals surface area (Å²) >= 11 is 0. The SMILES string of the molecule is COc1ccc(NC(=O)CNCCOCCC(C)C)cc1. The van der Waals surface area contributed by atoms with E-state index in [0.717, 1.165) is 24.5 Å². The third kappa shape index (κ3) is 8.32. The first-order valence-corrected chi connectivity index (χ1v) is 7.34. The van der Waals surface area contributed by atoms with E-state index in [2.05, 4.69) is 24.5 Å². The van der Waals surface area contributed by atoms with Crippen molar-refractivity contribution >= 4 is 11.6 Å². The van der Waals surface area contributed by atoms with Crippen LogP contribution in [0.1, 0.15) is 20.3 Å². The van der Waals surface area contributed by atoms with Crippen LogP contribution in [0.25, 0.3) is 0 Å². The second kappa shape index (κ2) is 10.2. The lowest BCUT2D eigenvalue weighted by molar-refractivity contribution is -0.115. The number of anilines is 1. The number of carbonyl (C=O) groups is 1. The summed E-state index contributed by atoms with van der Waals surface area (Å²) in [5.74, 6) is 1.36. The van der Waals surface area contributed by atoms with Gasteiger partial charge in [0.25, 0.3) is 0 Å². The van der Waals surface area contributed by atoms with E-state index in [1.165, 1.54) is 0 Å². The van der Waals surface area contributed by atoms with Gasteiger partial charge in [0.05, 0.1) is 20.3 Å². The van der Waals surface area contributed by atoms with Gasteiger partial charge in [-0.2, -0.15) is 0 Å². The van der Waals surface area contributed by atoms with Gasteiger partial charge in [-0.05, 0) is 36.6 Å². The molecule has 5 heteroatoms. The van der Waals surface area contributed by atoms with Crippen LogP contribution in [0.15, 0.2) is 24.3 Å². The van der Waals surface area contributed by atoms with Crippen LogP contribution in [0.3, 0.4) is 0 Å². The Bertz CT molecular complexity index is 404. The van der Waals surface area contributed by atoms with Gasteiger partial charge in [0, 0.05) is 18.8 Å². The highest BCUT2D eigenvalue weighted by Gasteiger charge is 2.02. The lowest BCUT2D eigenvalue weighted by Gasteiger charge is -2.08. The Hall–Kier alpha value is -1.59. The maximum Gasteiger partial charge on any atom is 0.238 e. The monoisotopic (exact) mass is 294 g/mol. The van der Waals surface area contributed by atoms with Gasteiger partial charge in [-0.15, -0.1) is 0 Å². The molecule has 0 spiro atoms. The smallest absolute Gasteiger partial charge is 0.238 e. The van der Waals surface area contributed by atoms with Gasteiger partial charge >= 0.3 is 0 Å². The molecular formula is C16H26N2O3. The van der Waals surface area contributed by atoms with E-state index in [1.807, 2.05) is 24.3 Å². The Labute approximate surface area is 127 Å². The fourth-order valence-electron chi connectivity index (χ4n) is 1.65. The molecule has 0 saturated carbocycles. The second-order valence-electron chi connectivity index (χ2n) is 5.25. The number of hydrogen-bond acceptors (Lipinski definition) is 4. The van der Waals surface area contributed by atoms with Crippen LogP contribution in [0.5, 0.6) is 5.75 Å². The number of benzene rings is 1. The lowest BCUT2D eigenvalue weighted by atomic mass is 10.1. The van der Waals surface area contributed by atoms with Crippen LogP contribution in [-0.4, -0.2) is 39.3 Å². The predicted molar refractivity (Wildman–Crippen MR) is 84.8 cm³/mol. The topological polar surface area (TPSA) is 59.6 Å². The molecule has 118 valence electrons. The fraction of sp³-hybridized carbons (Fsp3) is 0.562. The maximum absolute atomic E-state index is 11.7. The Kier molecular flexibility index (Phi) is 8.47. The molecule has 0 radical (unpaired) electrons. The number of rotatable bonds is 10. The van der Waals surface area contributed by atoms with E-state index in [-0.39, 0.29) is 12.5 Å². The van der Waals surface area contributed by atoms with Crippen LogP contribution in [0.4, 0.5) is 5.69 Å². The van der Waals surface area contributed by atoms with Crippen LogP contribution >= 0.6 is 0 Å². The van der Waals surface area contributed by atoms with Gasteiger partial charge in [0.1, 0.15) is 5.75 Å². The van der Waals surface area contributed by atoms with E-state index in [9.17, 15) is 4.79 Å². The van der Waals surface area contributed by atoms with Crippen molar-refractivity contribution in [2.45, 2.75) is 20.3 Å². The zero-order valence-corrected chi connectivity index (χ0v) is 13.1. The van der Waals surface area contributed by atoms with Gasteiger partial charge in [-0.25, -0.2) is 0 Å². The average Bonchev–Trinajstić information content (AvgIpc) is 2.46. The zero-order chi connectivity index (χ0) is 15.5. The minimum atomic E-state index is -0.0673. The summed E-state index contributed by atoms with van der Waals surface area (Å²) in [5, 5.41) is 5.87. The third-order valence-corrected chi connectivity index (χ3v) is 2.92. The molecule has 2 N–H and O–H groups in total. The molecule has 0 bridgehead atoms. The number of carbonyl (C=O) groups excluding carboxylic acids is 1. The van der Waals surface area contributed by atoms with Crippen LogP contribution in [0, 0.1) is 5.92 Å². The van der Waals surface area contributed by atoms with Gasteiger partial charge < -0.3 is 20.1 Å². The largest absolute Gasteiger partial charge is 0.497 e. The summed E-state index contributed by atoms with van der Waals surface area (Å²) in [6.07, 6.45) is 1.07. The molecular weight excluding hydrogens is 268 g/mol. The summed E-state index contributed by atoms with van der Waals surface area (Å²) in [6.45, 7) is 6.70. The minimum Gasteiger partial charge on any atom is -0.497 e. The molecule has 21 heavy (non-hydrogen) atoms. The van der Waals surface area contributed by atoms with E-state index in [4.69, 9.17) is 9.47 Å². The predicted octanol–water partition coefficient (Wildman–Crippen LogP) is 2.29. The zero-order valence-electron chi connectivity index (χ0n) is 13.1. The maximum atomic E-state index is 11.7. The Morgan fingerprint density at radius 2 is 1.90 bits per heavy atom. The number of hydrogen-bond donors (Lipinski definition) is 2. The minimum absolute atomic E-state index is 0.0673. The van der Waals surface area contributed by atoms with E-state index >= 15 is 0 Å². The molecule has 0 fully saturated rings. The van der Waals surface area contributed by atoms with Crippen molar-refractivity contribution in [3.8, 4) is 5.75 Å². The molecule has 1 aromatic carbocycles. The molecule has 1 amide bonds. The fourth-order valence-corrected chi connectivity index (χ4v) is 1.65. The van der Waals surface area contributed by atoms with Crippen LogP contribution in [0.2, 0.25) is 0 Å². The van der Waals surface area contributed by atoms with Crippen LogP contribution < -0.4 is 15.4 Å². The van der Waals surface area contributed by atoms with Crippen molar-refractivity contribution in [3.63, 3.8) is 0 Å². The standard InChI is InChI=1S/C16H26N2O3/c1-13(2)8-10-21-11-9-17-12-16(19)18-14-4-6-15(20-3)7-5-14/h4-7,13,17H,8-12H2,1-3H3,(H,18,19). The molecule has 0 aliphatic rings. The van der Waals surface area contributed by atoms with Gasteiger partial charge in [-0.1, -0.05) is 13.8 Å². The Morgan fingerprint density at radius 3 is 2.52 bits per heavy atom. The number of ether oxygens (including phenoxy) is 2. The first kappa shape index (κ1) is 17.5. The molecule has 0 saturated heterocycles. The van der Waals surface area contributed by atoms with Crippen LogP contribution in [-0.2, 0) is 9.53 Å². The lowest BCUT2D eigenvalue weighted by Crippen LogP contribution is -2.30. The highest BCUT2D eigenvalue weighted by molar-refractivity contribution is 5.92. The third-order valence-electron chi connectivity index (χ3n) is 2.92. The van der Waals surface area contributed by atoms with E-state index in [0.29, 0.717) is 19.1 Å². The molecule has 0 aliphatic heterocycles. The van der Waals surface area contributed by atoms with Crippen molar-refractivity contribution in [2.24, 2.45) is 5.92 Å². The van der Waals surface area contributed by atoms with Gasteiger partial charge in [-0.3, -0.25) is 4.79 Å². The molecule has 1 rings (SSSR count). The van der Waals surface area contributed by atoms with Crippen molar-refractivity contribution in [2.75, 3.05) is 38.7 Å². The summed E-state index contributed by atoms with van der Waals surface area (Å²) in [4.78, 5) is 11.7. The summed E-state index contributed by atoms with van der Waals surface area (Å²) in [5.41, 5.74) is 0.760. The number of methoxy groups -OCH3 is 1. The molecule has 0 heterocycles. The molecule has 5 nitrogen and oxygen atoms in total. The van der Waals surface area contributed by atoms with Crippen molar-refractivity contribution in [3.05, 3.63) is 24.3 Å². The normalized spacial score (nSPS) is 10.7. The second-order valence-corrected chi connectivity index (χ2v) is 5.25. The summed E-state index contributed by atoms with van der Waals surface area (Å²) in [7, 11) is 1.61. The average molecular weight is 294 g/mol. The highest BCUT2D eigenvalue weighted by Crippen LogP contribution is 2.14. The van der Waals surface area contributed by atoms with Crippen molar-refractivity contribution in [1.82, 2.24) is 5.32 Å². The number of amides is 1. The summed E-state index contributed by atoms with van der Waals surface area (Å²) < 4.78 is 10.5. The Balaban J connectivity index is 2.08. The molecule has 0 atom stereocenters. The highest BCUT2D eigenvalue weighted by atomic mass is 16.5. The molecule has 0 aromatic heterocycles. The Morgan fingerprint density at radius 1 is 1.19 bits per heavy atom. The van der Waals surface area contributed by atoms with Crippen molar-refractivity contribution < 1.29 is 14.3 Å². The first-order chi connectivity index (χ1) is 10.1. The van der Waals surface area contributed by atoms with E-state index in [1.54, 1.807) is 7.11 Å². The molecule has 0 unspecified atom stereocenters. The van der Waals surface area contributed by atoms with E-state index < -0.39 is 0 Å². The molecule has 0 aliphatic carbocycles. The first-order valence-electron chi connectivity index (χ1n) is 7.34. The number of nitrogens with one attached hydrogen (secondary N) is 2.